The van der Waals surface area contributed by atoms with Gasteiger partial charge in [-0.3, -0.25) is 38.8 Å². The van der Waals surface area contributed by atoms with Gasteiger partial charge < -0.3 is 18.9 Å². The van der Waals surface area contributed by atoms with Gasteiger partial charge in [0.1, 0.15) is 23.2 Å². The number of nitrogens with zero attached hydrogens (tertiary/aromatic N) is 4. The van der Waals surface area contributed by atoms with Crippen LogP contribution in [0.5, 0.6) is 0 Å². The number of hydrogen-bond donors (Lipinski definition) is 0. The van der Waals surface area contributed by atoms with Crippen LogP contribution in [0.2, 0.25) is 10.0 Å². The zero-order valence-electron chi connectivity index (χ0n) is 36.6. The standard InChI is InChI=1S/2C22H31ClN2O5/c2*1-15(2)19(24(3)4)20(27)29-14-30-21(28)25(5)22(13-9-8-12-18(22)26)16-10-6-7-11-17(16)23/h2*6-7,10-11,15,19H,8-9,12-14H2,1-5H3/t2*19?,22-/m10/s1. The minimum absolute atomic E-state index is 0.0363. The predicted molar refractivity (Wildman–Crippen MR) is 228 cm³/mol. The van der Waals surface area contributed by atoms with Gasteiger partial charge in [-0.15, -0.1) is 0 Å². The molecule has 16 heteroatoms. The van der Waals surface area contributed by atoms with Crippen LogP contribution in [0.25, 0.3) is 0 Å². The number of likely N-dealkylation sites (N-methyl/N-ethyl adjacent to an activating group) is 4. The summed E-state index contributed by atoms with van der Waals surface area (Å²) in [5.74, 6) is -1.03. The average molecular weight is 878 g/mol. The lowest BCUT2D eigenvalue weighted by Crippen LogP contribution is -2.54. The second-order valence-electron chi connectivity index (χ2n) is 16.3. The molecule has 0 aromatic heterocycles. The Kier molecular flexibility index (Phi) is 18.8. The van der Waals surface area contributed by atoms with E-state index in [-0.39, 0.29) is 23.4 Å². The highest BCUT2D eigenvalue weighted by Crippen LogP contribution is 2.44. The molecule has 2 unspecified atom stereocenters. The summed E-state index contributed by atoms with van der Waals surface area (Å²) in [7, 11) is 10.2. The second kappa shape index (κ2) is 22.6. The molecule has 0 spiro atoms. The molecule has 2 aromatic carbocycles. The van der Waals surface area contributed by atoms with Crippen molar-refractivity contribution in [2.75, 3.05) is 55.9 Å². The summed E-state index contributed by atoms with van der Waals surface area (Å²) in [6.07, 6.45) is 3.24. The van der Waals surface area contributed by atoms with Gasteiger partial charge in [-0.25, -0.2) is 9.59 Å². The van der Waals surface area contributed by atoms with E-state index in [1.54, 1.807) is 86.5 Å². The molecule has 2 aliphatic carbocycles. The summed E-state index contributed by atoms with van der Waals surface area (Å²) < 4.78 is 20.7. The summed E-state index contributed by atoms with van der Waals surface area (Å²) in [5.41, 5.74) is -1.22. The number of rotatable bonds is 14. The first kappa shape index (κ1) is 50.1. The summed E-state index contributed by atoms with van der Waals surface area (Å²) in [5, 5.41) is 0.842. The van der Waals surface area contributed by atoms with Crippen molar-refractivity contribution in [3.05, 3.63) is 69.7 Å². The number of benzene rings is 2. The minimum atomic E-state index is -1.19. The van der Waals surface area contributed by atoms with E-state index in [4.69, 9.17) is 42.1 Å². The monoisotopic (exact) mass is 876 g/mol. The topological polar surface area (TPSA) is 152 Å². The quantitative estimate of drug-likeness (QED) is 0.135. The first-order valence-corrected chi connectivity index (χ1v) is 21.0. The minimum Gasteiger partial charge on any atom is -0.427 e. The van der Waals surface area contributed by atoms with Crippen molar-refractivity contribution >= 4 is 58.9 Å². The number of ether oxygens (including phenoxy) is 4. The van der Waals surface area contributed by atoms with Crippen molar-refractivity contribution in [2.24, 2.45) is 11.8 Å². The Morgan fingerprint density at radius 2 is 0.900 bits per heavy atom. The molecule has 60 heavy (non-hydrogen) atoms. The molecule has 14 nitrogen and oxygen atoms in total. The van der Waals surface area contributed by atoms with Gasteiger partial charge in [-0.1, -0.05) is 87.3 Å². The van der Waals surface area contributed by atoms with Gasteiger partial charge in [-0.2, -0.15) is 0 Å². The van der Waals surface area contributed by atoms with E-state index in [0.29, 0.717) is 46.9 Å². The number of carbonyl (C=O) groups excluding carboxylic acids is 6. The van der Waals surface area contributed by atoms with Crippen LogP contribution in [0.1, 0.15) is 90.2 Å². The number of amides is 2. The number of halogens is 2. The highest BCUT2D eigenvalue weighted by atomic mass is 35.5. The SMILES string of the molecule is CC(C)C(C(=O)OCOC(=O)N(C)[C@@]1(c2ccccc2Cl)CCCCC1=O)N(C)C.CC(C)C(C(=O)OCOC(=O)N(C)[C@]1(c2ccccc2Cl)CCCCC1=O)N(C)C. The Bertz CT molecular complexity index is 1680. The zero-order chi connectivity index (χ0) is 44.9. The fourth-order valence-electron chi connectivity index (χ4n) is 8.37. The molecule has 2 saturated carbocycles. The number of esters is 2. The molecule has 0 saturated heterocycles. The third kappa shape index (κ3) is 11.6. The molecule has 2 aliphatic rings. The van der Waals surface area contributed by atoms with Crippen LogP contribution in [0, 0.1) is 11.8 Å². The van der Waals surface area contributed by atoms with Crippen molar-refractivity contribution in [3.8, 4) is 0 Å². The van der Waals surface area contributed by atoms with Gasteiger partial charge in [-0.05, 0) is 90.7 Å². The summed E-state index contributed by atoms with van der Waals surface area (Å²) in [4.78, 5) is 82.4. The highest BCUT2D eigenvalue weighted by molar-refractivity contribution is 6.32. The van der Waals surface area contributed by atoms with Crippen molar-refractivity contribution in [1.29, 1.82) is 0 Å². The van der Waals surface area contributed by atoms with Gasteiger partial charge >= 0.3 is 24.1 Å². The van der Waals surface area contributed by atoms with Crippen LogP contribution in [0.15, 0.2) is 48.5 Å². The Morgan fingerprint density at radius 3 is 1.18 bits per heavy atom. The summed E-state index contributed by atoms with van der Waals surface area (Å²) in [6.45, 7) is 6.60. The summed E-state index contributed by atoms with van der Waals surface area (Å²) in [6, 6.07) is 13.2. The van der Waals surface area contributed by atoms with E-state index in [1.165, 1.54) is 23.9 Å². The van der Waals surface area contributed by atoms with Gasteiger partial charge in [0.05, 0.1) is 0 Å². The molecule has 4 rings (SSSR count). The highest BCUT2D eigenvalue weighted by Gasteiger charge is 2.50. The fraction of sp³-hybridized carbons (Fsp3) is 0.591. The number of hydrogen-bond acceptors (Lipinski definition) is 12. The molecular weight excluding hydrogens is 815 g/mol. The van der Waals surface area contributed by atoms with Crippen LogP contribution in [0.4, 0.5) is 9.59 Å². The van der Waals surface area contributed by atoms with Crippen LogP contribution in [-0.4, -0.2) is 123 Å². The average Bonchev–Trinajstić information content (AvgIpc) is 3.18. The maximum absolute atomic E-state index is 13.0. The molecule has 0 aliphatic heterocycles. The van der Waals surface area contributed by atoms with Crippen LogP contribution < -0.4 is 0 Å². The van der Waals surface area contributed by atoms with Crippen molar-refractivity contribution in [2.45, 2.75) is 102 Å². The van der Waals surface area contributed by atoms with E-state index < -0.39 is 60.9 Å². The van der Waals surface area contributed by atoms with E-state index in [9.17, 15) is 28.8 Å². The molecule has 0 N–H and O–H groups in total. The smallest absolute Gasteiger partial charge is 0.413 e. The first-order valence-electron chi connectivity index (χ1n) is 20.3. The third-order valence-electron chi connectivity index (χ3n) is 11.3. The number of carbonyl (C=O) groups is 6. The van der Waals surface area contributed by atoms with E-state index in [0.717, 1.165) is 25.7 Å². The van der Waals surface area contributed by atoms with Crippen molar-refractivity contribution in [1.82, 2.24) is 19.6 Å². The molecule has 0 heterocycles. The van der Waals surface area contributed by atoms with Crippen LogP contribution in [0.3, 0.4) is 0 Å². The normalized spacial score (nSPS) is 20.2. The van der Waals surface area contributed by atoms with Crippen molar-refractivity contribution < 1.29 is 47.7 Å². The lowest BCUT2D eigenvalue weighted by atomic mass is 9.74. The van der Waals surface area contributed by atoms with Gasteiger partial charge in [0.2, 0.25) is 13.6 Å². The Hall–Kier alpha value is -4.24. The van der Waals surface area contributed by atoms with E-state index in [2.05, 4.69) is 0 Å². The lowest BCUT2D eigenvalue weighted by molar-refractivity contribution is -0.161. The zero-order valence-corrected chi connectivity index (χ0v) is 38.1. The first-order chi connectivity index (χ1) is 28.2. The fourth-order valence-corrected chi connectivity index (χ4v) is 8.95. The molecule has 2 fully saturated rings. The van der Waals surface area contributed by atoms with Gasteiger partial charge in [0.25, 0.3) is 0 Å². The molecule has 332 valence electrons. The Labute approximate surface area is 364 Å². The molecular formula is C44H62Cl2N4O10. The Balaban J connectivity index is 0.000000320. The molecule has 2 amide bonds. The second-order valence-corrected chi connectivity index (χ2v) is 17.2. The molecule has 0 radical (unpaired) electrons. The third-order valence-corrected chi connectivity index (χ3v) is 11.9. The predicted octanol–water partition coefficient (Wildman–Crippen LogP) is 7.67. The van der Waals surface area contributed by atoms with Gasteiger partial charge in [0, 0.05) is 48.1 Å². The maximum atomic E-state index is 13.0. The van der Waals surface area contributed by atoms with Crippen LogP contribution in [-0.2, 0) is 49.2 Å². The number of ketones is 2. The lowest BCUT2D eigenvalue weighted by Gasteiger charge is -2.43. The molecule has 4 atom stereocenters. The number of Topliss-reactive ketones (excluding diaryl/α,β-unsaturated/α-hetero) is 2. The maximum Gasteiger partial charge on any atom is 0.413 e. The van der Waals surface area contributed by atoms with Crippen molar-refractivity contribution in [3.63, 3.8) is 0 Å². The molecule has 0 bridgehead atoms. The Morgan fingerprint density at radius 1 is 0.567 bits per heavy atom. The van der Waals surface area contributed by atoms with Gasteiger partial charge in [0.15, 0.2) is 11.6 Å². The largest absolute Gasteiger partial charge is 0.427 e. The van der Waals surface area contributed by atoms with E-state index in [1.807, 2.05) is 27.7 Å². The molecule has 2 aromatic rings. The summed E-state index contributed by atoms with van der Waals surface area (Å²) >= 11 is 12.8. The van der Waals surface area contributed by atoms with E-state index >= 15 is 0 Å². The van der Waals surface area contributed by atoms with Crippen LogP contribution >= 0.6 is 23.2 Å².